The zero-order valence-corrected chi connectivity index (χ0v) is 16.5. The Morgan fingerprint density at radius 1 is 1.11 bits per heavy atom. The van der Waals surface area contributed by atoms with Crippen LogP contribution in [0.3, 0.4) is 0 Å². The predicted octanol–water partition coefficient (Wildman–Crippen LogP) is 5.73. The van der Waals surface area contributed by atoms with Gasteiger partial charge in [-0.05, 0) is 54.1 Å². The largest absolute Gasteiger partial charge is 0.486 e. The minimum absolute atomic E-state index is 0.157. The third-order valence-corrected chi connectivity index (χ3v) is 7.22. The lowest BCUT2D eigenvalue weighted by Crippen LogP contribution is -2.11. The van der Waals surface area contributed by atoms with E-state index in [1.54, 1.807) is 24.3 Å². The molecular formula is C21H18FNO3S2. The minimum Gasteiger partial charge on any atom is -0.486 e. The maximum atomic E-state index is 12.9. The second-order valence-corrected chi connectivity index (χ2v) is 8.89. The number of halogens is 1. The van der Waals surface area contributed by atoms with Crippen molar-refractivity contribution in [3.05, 3.63) is 83.6 Å². The normalized spacial score (nSPS) is 14.2. The number of carbonyl (C=O) groups excluding carboxylic acids is 1. The minimum atomic E-state index is -0.321. The zero-order chi connectivity index (χ0) is 19.3. The fraction of sp³-hybridized carbons (Fsp3) is 0.190. The number of hydrogen-bond acceptors (Lipinski definition) is 5. The van der Waals surface area contributed by atoms with Crippen molar-refractivity contribution in [1.29, 1.82) is 0 Å². The van der Waals surface area contributed by atoms with Gasteiger partial charge >= 0.3 is 0 Å². The van der Waals surface area contributed by atoms with Gasteiger partial charge in [0.2, 0.25) is 0 Å². The standard InChI is InChI=1S/C21H18FNO3S2/c22-15-4-6-17(7-5-15)25-13-18-8-9-19(26-18)20(24)23-16-3-1-2-14(12-16)21-27-10-11-28-21/h1-9,12,21H,10-11,13H2,(H,23,24). The molecule has 0 atom stereocenters. The van der Waals surface area contributed by atoms with Gasteiger partial charge in [-0.2, -0.15) is 0 Å². The Kier molecular flexibility index (Phi) is 5.92. The molecule has 1 amide bonds. The SMILES string of the molecule is O=C(Nc1cccc(C2SCCS2)c1)c1ccc(COc2ccc(F)cc2)o1. The molecule has 1 fully saturated rings. The van der Waals surface area contributed by atoms with Gasteiger partial charge in [0.15, 0.2) is 5.76 Å². The van der Waals surface area contributed by atoms with E-state index in [2.05, 4.69) is 11.4 Å². The monoisotopic (exact) mass is 415 g/mol. The van der Waals surface area contributed by atoms with Gasteiger partial charge in [0, 0.05) is 17.2 Å². The maximum Gasteiger partial charge on any atom is 0.291 e. The molecule has 1 aliphatic rings. The topological polar surface area (TPSA) is 51.5 Å². The molecule has 1 saturated heterocycles. The highest BCUT2D eigenvalue weighted by molar-refractivity contribution is 8.19. The van der Waals surface area contributed by atoms with Gasteiger partial charge in [0.05, 0.1) is 4.58 Å². The van der Waals surface area contributed by atoms with Gasteiger partial charge < -0.3 is 14.5 Å². The van der Waals surface area contributed by atoms with E-state index in [0.717, 1.165) is 17.2 Å². The van der Waals surface area contributed by atoms with Crippen molar-refractivity contribution >= 4 is 35.1 Å². The Labute approximate surface area is 170 Å². The van der Waals surface area contributed by atoms with Gasteiger partial charge in [-0.1, -0.05) is 12.1 Å². The Morgan fingerprint density at radius 3 is 2.68 bits per heavy atom. The van der Waals surface area contributed by atoms with Crippen molar-refractivity contribution < 1.29 is 18.3 Å². The number of furan rings is 1. The van der Waals surface area contributed by atoms with Gasteiger partial charge in [0.1, 0.15) is 23.9 Å². The van der Waals surface area contributed by atoms with Crippen LogP contribution in [0.25, 0.3) is 0 Å². The quantitative estimate of drug-likeness (QED) is 0.557. The summed E-state index contributed by atoms with van der Waals surface area (Å²) in [6.45, 7) is 0.157. The number of benzene rings is 2. The average molecular weight is 416 g/mol. The summed E-state index contributed by atoms with van der Waals surface area (Å²) in [5.74, 6) is 2.94. The first-order chi connectivity index (χ1) is 13.7. The van der Waals surface area contributed by atoms with Crippen LogP contribution in [-0.2, 0) is 6.61 Å². The molecule has 0 bridgehead atoms. The number of ether oxygens (including phenoxy) is 1. The van der Waals surface area contributed by atoms with E-state index in [0.29, 0.717) is 16.1 Å². The molecule has 2 heterocycles. The number of hydrogen-bond donors (Lipinski definition) is 1. The Bertz CT molecular complexity index is 952. The molecule has 0 aliphatic carbocycles. The second-order valence-electron chi connectivity index (χ2n) is 6.16. The summed E-state index contributed by atoms with van der Waals surface area (Å²) in [7, 11) is 0. The van der Waals surface area contributed by atoms with E-state index >= 15 is 0 Å². The molecule has 28 heavy (non-hydrogen) atoms. The summed E-state index contributed by atoms with van der Waals surface area (Å²) in [6.07, 6.45) is 0. The fourth-order valence-electron chi connectivity index (χ4n) is 2.77. The summed E-state index contributed by atoms with van der Waals surface area (Å²) < 4.78 is 24.4. The van der Waals surface area contributed by atoms with Crippen molar-refractivity contribution in [3.8, 4) is 5.75 Å². The van der Waals surface area contributed by atoms with Crippen LogP contribution in [0, 0.1) is 5.82 Å². The fourth-order valence-corrected chi connectivity index (χ4v) is 5.61. The van der Waals surface area contributed by atoms with Crippen molar-refractivity contribution in [1.82, 2.24) is 0 Å². The number of thioether (sulfide) groups is 2. The van der Waals surface area contributed by atoms with Crippen molar-refractivity contribution in [2.24, 2.45) is 0 Å². The number of carbonyl (C=O) groups is 1. The third-order valence-electron chi connectivity index (χ3n) is 4.12. The number of amides is 1. The molecule has 4 rings (SSSR count). The highest BCUT2D eigenvalue weighted by Gasteiger charge is 2.19. The van der Waals surface area contributed by atoms with Crippen LogP contribution in [0.5, 0.6) is 5.75 Å². The zero-order valence-electron chi connectivity index (χ0n) is 14.9. The van der Waals surface area contributed by atoms with E-state index in [-0.39, 0.29) is 24.1 Å². The smallest absolute Gasteiger partial charge is 0.291 e. The summed E-state index contributed by atoms with van der Waals surface area (Å²) >= 11 is 3.85. The Hall–Kier alpha value is -2.38. The van der Waals surface area contributed by atoms with Crippen molar-refractivity contribution in [2.45, 2.75) is 11.2 Å². The van der Waals surface area contributed by atoms with Crippen LogP contribution < -0.4 is 10.1 Å². The molecule has 7 heteroatoms. The summed E-state index contributed by atoms with van der Waals surface area (Å²) in [5, 5.41) is 2.88. The molecule has 4 nitrogen and oxygen atoms in total. The third kappa shape index (κ3) is 4.72. The molecule has 0 spiro atoms. The molecule has 2 aromatic carbocycles. The van der Waals surface area contributed by atoms with Crippen molar-refractivity contribution in [2.75, 3.05) is 16.8 Å². The van der Waals surface area contributed by atoms with Gasteiger partial charge in [0.25, 0.3) is 5.91 Å². The number of anilines is 1. The summed E-state index contributed by atoms with van der Waals surface area (Å²) in [4.78, 5) is 12.5. The van der Waals surface area contributed by atoms with Gasteiger partial charge in [-0.3, -0.25) is 4.79 Å². The van der Waals surface area contributed by atoms with E-state index in [1.807, 2.05) is 41.7 Å². The van der Waals surface area contributed by atoms with Crippen LogP contribution in [0.4, 0.5) is 10.1 Å². The first-order valence-corrected chi connectivity index (χ1v) is 10.9. The van der Waals surface area contributed by atoms with Crippen LogP contribution in [0.1, 0.15) is 26.5 Å². The highest BCUT2D eigenvalue weighted by atomic mass is 32.2. The van der Waals surface area contributed by atoms with Crippen molar-refractivity contribution in [3.63, 3.8) is 0 Å². The second kappa shape index (κ2) is 8.75. The Morgan fingerprint density at radius 2 is 1.89 bits per heavy atom. The number of rotatable bonds is 6. The first-order valence-electron chi connectivity index (χ1n) is 8.79. The molecule has 144 valence electrons. The molecule has 3 aromatic rings. The first kappa shape index (κ1) is 19.0. The highest BCUT2D eigenvalue weighted by Crippen LogP contribution is 2.45. The van der Waals surface area contributed by atoms with Gasteiger partial charge in [-0.25, -0.2) is 4.39 Å². The van der Waals surface area contributed by atoms with Crippen LogP contribution >= 0.6 is 23.5 Å². The molecule has 0 unspecified atom stereocenters. The maximum absolute atomic E-state index is 12.9. The molecular weight excluding hydrogens is 397 g/mol. The van der Waals surface area contributed by atoms with E-state index < -0.39 is 0 Å². The van der Waals surface area contributed by atoms with Crippen LogP contribution in [0.2, 0.25) is 0 Å². The van der Waals surface area contributed by atoms with Crippen LogP contribution in [-0.4, -0.2) is 17.4 Å². The lowest BCUT2D eigenvalue weighted by atomic mass is 10.2. The predicted molar refractivity (Wildman–Crippen MR) is 111 cm³/mol. The van der Waals surface area contributed by atoms with E-state index in [1.165, 1.54) is 17.7 Å². The average Bonchev–Trinajstić information content (AvgIpc) is 3.40. The lowest BCUT2D eigenvalue weighted by Gasteiger charge is -2.10. The summed E-state index contributed by atoms with van der Waals surface area (Å²) in [6, 6.07) is 17.0. The Balaban J connectivity index is 1.36. The molecule has 0 saturated carbocycles. The summed E-state index contributed by atoms with van der Waals surface area (Å²) in [5.41, 5.74) is 1.95. The molecule has 1 aromatic heterocycles. The molecule has 0 radical (unpaired) electrons. The van der Waals surface area contributed by atoms with E-state index in [9.17, 15) is 9.18 Å². The van der Waals surface area contributed by atoms with Crippen LogP contribution in [0.15, 0.2) is 65.1 Å². The molecule has 1 aliphatic heterocycles. The lowest BCUT2D eigenvalue weighted by molar-refractivity contribution is 0.0992. The van der Waals surface area contributed by atoms with E-state index in [4.69, 9.17) is 9.15 Å². The molecule has 1 N–H and O–H groups in total. The number of nitrogens with one attached hydrogen (secondary N) is 1. The van der Waals surface area contributed by atoms with Gasteiger partial charge in [-0.15, -0.1) is 23.5 Å².